The van der Waals surface area contributed by atoms with Crippen LogP contribution in [0.4, 0.5) is 50.0 Å². The molecular weight excluding hydrogens is 595 g/mol. The highest BCUT2D eigenvalue weighted by Crippen LogP contribution is 2.43. The van der Waals surface area contributed by atoms with Gasteiger partial charge in [-0.25, -0.2) is 4.79 Å². The molecule has 3 aromatic carbocycles. The van der Waals surface area contributed by atoms with Crippen LogP contribution in [0, 0.1) is 0 Å². The SMILES string of the molecule is COC(=O)N(CC(N)c1cc(C(F)(F)F)cc(C(F)(F)F)c1)c1cc(C(F)(F)F)ccc1-c1cc(C(C)C)ccc1OC. The number of halogens is 9. The van der Waals surface area contributed by atoms with Gasteiger partial charge in [0, 0.05) is 23.7 Å². The maximum Gasteiger partial charge on any atom is 0.416 e. The zero-order valence-electron chi connectivity index (χ0n) is 23.2. The van der Waals surface area contributed by atoms with E-state index in [1.54, 1.807) is 18.2 Å². The third-order valence-corrected chi connectivity index (χ3v) is 6.61. The number of carbonyl (C=O) groups excluding carboxylic acids is 1. The smallest absolute Gasteiger partial charge is 0.416 e. The fraction of sp³-hybridized carbons (Fsp3) is 0.345. The molecule has 2 N–H and O–H groups in total. The van der Waals surface area contributed by atoms with Gasteiger partial charge >= 0.3 is 24.6 Å². The largest absolute Gasteiger partial charge is 0.496 e. The standard InChI is InChI=1S/C29H27F9N2O3/c1-15(2)16-5-8-25(42-3)22(11-16)21-7-6-18(27(30,31)32)13-24(21)40(26(41)43-4)14-23(39)17-9-19(28(33,34)35)12-20(10-17)29(36,37)38/h5-13,15,23H,14,39H2,1-4H3. The Hall–Kier alpha value is -3.94. The van der Waals surface area contributed by atoms with Gasteiger partial charge < -0.3 is 15.2 Å². The van der Waals surface area contributed by atoms with Gasteiger partial charge in [0.1, 0.15) is 5.75 Å². The van der Waals surface area contributed by atoms with Gasteiger partial charge in [-0.15, -0.1) is 0 Å². The van der Waals surface area contributed by atoms with Gasteiger partial charge in [-0.3, -0.25) is 4.90 Å². The highest BCUT2D eigenvalue weighted by molar-refractivity contribution is 5.95. The molecule has 0 saturated carbocycles. The molecule has 0 aromatic heterocycles. The number of hydrogen-bond donors (Lipinski definition) is 1. The Kier molecular flexibility index (Phi) is 9.64. The van der Waals surface area contributed by atoms with Crippen molar-refractivity contribution in [3.8, 4) is 16.9 Å². The maximum atomic E-state index is 13.8. The molecule has 1 amide bonds. The number of alkyl halides is 9. The normalized spacial score (nSPS) is 13.2. The molecule has 0 heterocycles. The van der Waals surface area contributed by atoms with E-state index in [1.807, 2.05) is 13.8 Å². The Balaban J connectivity index is 2.27. The fourth-order valence-electron chi connectivity index (χ4n) is 4.33. The van der Waals surface area contributed by atoms with Crippen LogP contribution in [-0.4, -0.2) is 26.9 Å². The van der Waals surface area contributed by atoms with Crippen LogP contribution < -0.4 is 15.4 Å². The summed E-state index contributed by atoms with van der Waals surface area (Å²) < 4.78 is 132. The molecule has 1 atom stereocenters. The molecule has 0 aliphatic carbocycles. The molecule has 0 aliphatic rings. The summed E-state index contributed by atoms with van der Waals surface area (Å²) in [7, 11) is 2.22. The summed E-state index contributed by atoms with van der Waals surface area (Å²) in [5, 5.41) is 0. The number of benzene rings is 3. The molecule has 43 heavy (non-hydrogen) atoms. The summed E-state index contributed by atoms with van der Waals surface area (Å²) in [6, 6.07) is 6.35. The van der Waals surface area contributed by atoms with Crippen LogP contribution >= 0.6 is 0 Å². The molecule has 3 rings (SSSR count). The third-order valence-electron chi connectivity index (χ3n) is 6.61. The number of carbonyl (C=O) groups is 1. The van der Waals surface area contributed by atoms with Crippen molar-refractivity contribution in [3.05, 3.63) is 82.4 Å². The van der Waals surface area contributed by atoms with Crippen molar-refractivity contribution >= 4 is 11.8 Å². The van der Waals surface area contributed by atoms with Crippen LogP contribution in [0.5, 0.6) is 5.75 Å². The van der Waals surface area contributed by atoms with Crippen LogP contribution in [0.3, 0.4) is 0 Å². The lowest BCUT2D eigenvalue weighted by atomic mass is 9.94. The van der Waals surface area contributed by atoms with Crippen LogP contribution in [0.15, 0.2) is 54.6 Å². The van der Waals surface area contributed by atoms with E-state index in [4.69, 9.17) is 15.2 Å². The van der Waals surface area contributed by atoms with Crippen LogP contribution in [-0.2, 0) is 23.3 Å². The zero-order chi connectivity index (χ0) is 32.5. The molecule has 0 bridgehead atoms. The second kappa shape index (κ2) is 12.3. The van der Waals surface area contributed by atoms with E-state index in [9.17, 15) is 44.3 Å². The first-order chi connectivity index (χ1) is 19.8. The topological polar surface area (TPSA) is 64.8 Å². The number of nitrogens with zero attached hydrogens (tertiary/aromatic N) is 1. The van der Waals surface area contributed by atoms with E-state index in [2.05, 4.69) is 0 Å². The summed E-state index contributed by atoms with van der Waals surface area (Å²) >= 11 is 0. The monoisotopic (exact) mass is 622 g/mol. The van der Waals surface area contributed by atoms with E-state index < -0.39 is 65.1 Å². The zero-order valence-corrected chi connectivity index (χ0v) is 23.2. The quantitative estimate of drug-likeness (QED) is 0.268. The van der Waals surface area contributed by atoms with Crippen LogP contribution in [0.25, 0.3) is 11.1 Å². The number of rotatable bonds is 7. The predicted molar refractivity (Wildman–Crippen MR) is 141 cm³/mol. The molecule has 0 saturated heterocycles. The molecule has 1 unspecified atom stereocenters. The van der Waals surface area contributed by atoms with E-state index >= 15 is 0 Å². The van der Waals surface area contributed by atoms with Crippen LogP contribution in [0.1, 0.15) is 53.6 Å². The fourth-order valence-corrected chi connectivity index (χ4v) is 4.33. The van der Waals surface area contributed by atoms with Crippen molar-refractivity contribution in [2.24, 2.45) is 5.73 Å². The minimum Gasteiger partial charge on any atom is -0.496 e. The molecule has 3 aromatic rings. The van der Waals surface area contributed by atoms with Gasteiger partial charge in [-0.1, -0.05) is 26.0 Å². The summed E-state index contributed by atoms with van der Waals surface area (Å²) in [6.45, 7) is 2.87. The van der Waals surface area contributed by atoms with Crippen molar-refractivity contribution in [2.45, 2.75) is 44.3 Å². The Morgan fingerprint density at radius 3 is 1.77 bits per heavy atom. The molecule has 5 nitrogen and oxygen atoms in total. The second-order valence-corrected chi connectivity index (χ2v) is 9.87. The van der Waals surface area contributed by atoms with Gasteiger partial charge in [-0.2, -0.15) is 39.5 Å². The lowest BCUT2D eigenvalue weighted by Crippen LogP contribution is -2.38. The Bertz CT molecular complexity index is 1430. The van der Waals surface area contributed by atoms with Gasteiger partial charge in [0.15, 0.2) is 0 Å². The van der Waals surface area contributed by atoms with Crippen molar-refractivity contribution in [1.29, 1.82) is 0 Å². The number of hydrogen-bond acceptors (Lipinski definition) is 4. The lowest BCUT2D eigenvalue weighted by molar-refractivity contribution is -0.143. The summed E-state index contributed by atoms with van der Waals surface area (Å²) in [6.07, 6.45) is -16.5. The van der Waals surface area contributed by atoms with E-state index in [0.717, 1.165) is 24.8 Å². The minimum absolute atomic E-state index is 0.0311. The molecule has 14 heteroatoms. The highest BCUT2D eigenvalue weighted by Gasteiger charge is 2.38. The molecule has 0 radical (unpaired) electrons. The molecule has 234 valence electrons. The average Bonchev–Trinajstić information content (AvgIpc) is 2.93. The molecule has 0 aliphatic heterocycles. The van der Waals surface area contributed by atoms with Gasteiger partial charge in [-0.05, 0) is 59.5 Å². The van der Waals surface area contributed by atoms with Crippen molar-refractivity contribution < 1.29 is 53.8 Å². The number of nitrogens with two attached hydrogens (primary N) is 1. The Morgan fingerprint density at radius 1 is 0.744 bits per heavy atom. The molecular formula is C29H27F9N2O3. The number of amides is 1. The van der Waals surface area contributed by atoms with Crippen molar-refractivity contribution in [1.82, 2.24) is 0 Å². The first-order valence-corrected chi connectivity index (χ1v) is 12.6. The van der Waals surface area contributed by atoms with Gasteiger partial charge in [0.25, 0.3) is 0 Å². The number of ether oxygens (including phenoxy) is 2. The minimum atomic E-state index is -5.18. The second-order valence-electron chi connectivity index (χ2n) is 9.87. The average molecular weight is 623 g/mol. The Morgan fingerprint density at radius 2 is 1.30 bits per heavy atom. The maximum absolute atomic E-state index is 13.8. The Labute approximate surface area is 241 Å². The molecule has 0 spiro atoms. The van der Waals surface area contributed by atoms with E-state index in [-0.39, 0.29) is 28.9 Å². The molecule has 0 fully saturated rings. The first-order valence-electron chi connectivity index (χ1n) is 12.6. The number of anilines is 1. The van der Waals surface area contributed by atoms with E-state index in [1.165, 1.54) is 7.11 Å². The summed E-state index contributed by atoms with van der Waals surface area (Å²) in [5.74, 6) is 0.184. The van der Waals surface area contributed by atoms with E-state index in [0.29, 0.717) is 23.1 Å². The summed E-state index contributed by atoms with van der Waals surface area (Å²) in [4.78, 5) is 13.6. The summed E-state index contributed by atoms with van der Waals surface area (Å²) in [5.41, 5.74) is 1.54. The van der Waals surface area contributed by atoms with Crippen LogP contribution in [0.2, 0.25) is 0 Å². The third kappa shape index (κ3) is 7.72. The first kappa shape index (κ1) is 33.6. The lowest BCUT2D eigenvalue weighted by Gasteiger charge is -2.29. The number of methoxy groups -OCH3 is 2. The van der Waals surface area contributed by atoms with Crippen molar-refractivity contribution in [2.75, 3.05) is 25.7 Å². The predicted octanol–water partition coefficient (Wildman–Crippen LogP) is 8.81. The highest BCUT2D eigenvalue weighted by atomic mass is 19.4. The van der Waals surface area contributed by atoms with Gasteiger partial charge in [0.2, 0.25) is 0 Å². The van der Waals surface area contributed by atoms with Crippen molar-refractivity contribution in [3.63, 3.8) is 0 Å². The van der Waals surface area contributed by atoms with Gasteiger partial charge in [0.05, 0.1) is 36.6 Å².